The fraction of sp³-hybridized carbons (Fsp3) is 1.00. The van der Waals surface area contributed by atoms with Gasteiger partial charge in [-0.25, -0.2) is 0 Å². The topological polar surface area (TPSA) is 24.1 Å². The maximum Gasteiger partial charge on any atom is 0.0196 e. The molecule has 2 N–H and O–H groups in total. The minimum atomic E-state index is 0.800. The predicted molar refractivity (Wildman–Crippen MR) is 44.1 cm³/mol. The van der Waals surface area contributed by atoms with Gasteiger partial charge in [-0.15, -0.1) is 0 Å². The second-order valence-electron chi connectivity index (χ2n) is 2.87. The van der Waals surface area contributed by atoms with E-state index in [4.69, 9.17) is 0 Å². The van der Waals surface area contributed by atoms with Crippen LogP contribution in [0.2, 0.25) is 0 Å². The molecule has 0 aliphatic carbocycles. The lowest BCUT2D eigenvalue weighted by Gasteiger charge is -2.17. The van der Waals surface area contributed by atoms with Gasteiger partial charge >= 0.3 is 0 Å². The summed E-state index contributed by atoms with van der Waals surface area (Å²) < 4.78 is 0. The maximum atomic E-state index is 3.46. The molecule has 2 saturated heterocycles. The minimum absolute atomic E-state index is 0.800. The molecule has 10 heavy (non-hydrogen) atoms. The van der Waals surface area contributed by atoms with E-state index in [1.54, 1.807) is 0 Å². The van der Waals surface area contributed by atoms with Crippen LogP contribution in [0.15, 0.2) is 0 Å². The molecule has 2 nitrogen and oxygen atoms in total. The molecule has 2 heterocycles. The molecule has 0 aromatic rings. The first-order chi connectivity index (χ1) is 4.95. The fourth-order valence-electron chi connectivity index (χ4n) is 1.68. The average Bonchev–Trinajstić information content (AvgIpc) is 2.35. The largest absolute Gasteiger partial charge is 0.315 e. The second kappa shape index (κ2) is 3.94. The molecule has 0 spiro atoms. The van der Waals surface area contributed by atoms with Gasteiger partial charge in [0, 0.05) is 12.6 Å². The standard InChI is InChI=1S/C6H12N2.C2H6/c1-5-2-7-4-6(1)8-3-5;1-2/h5-8H,1-4H2;1-2H3. The highest BCUT2D eigenvalue weighted by atomic mass is 15.1. The minimum Gasteiger partial charge on any atom is -0.315 e. The lowest BCUT2D eigenvalue weighted by atomic mass is 10.0. The number of hydrogen-bond donors (Lipinski definition) is 2. The van der Waals surface area contributed by atoms with Crippen LogP contribution >= 0.6 is 0 Å². The van der Waals surface area contributed by atoms with E-state index in [9.17, 15) is 0 Å². The van der Waals surface area contributed by atoms with E-state index in [1.165, 1.54) is 26.1 Å². The fourth-order valence-corrected chi connectivity index (χ4v) is 1.68. The van der Waals surface area contributed by atoms with E-state index in [0.717, 1.165) is 12.0 Å². The molecular formula is C8H18N2. The van der Waals surface area contributed by atoms with Gasteiger partial charge in [-0.1, -0.05) is 13.8 Å². The molecule has 60 valence electrons. The van der Waals surface area contributed by atoms with Crippen molar-refractivity contribution in [3.05, 3.63) is 0 Å². The molecule has 2 fully saturated rings. The summed E-state index contributed by atoms with van der Waals surface area (Å²) in [5.41, 5.74) is 0. The van der Waals surface area contributed by atoms with E-state index in [2.05, 4.69) is 10.6 Å². The van der Waals surface area contributed by atoms with Crippen LogP contribution < -0.4 is 10.6 Å². The Balaban J connectivity index is 0.000000231. The van der Waals surface area contributed by atoms with Crippen LogP contribution in [0.4, 0.5) is 0 Å². The molecule has 0 saturated carbocycles. The Kier molecular flexibility index (Phi) is 3.16. The van der Waals surface area contributed by atoms with Crippen LogP contribution in [0.5, 0.6) is 0 Å². The van der Waals surface area contributed by atoms with Gasteiger partial charge in [0.25, 0.3) is 0 Å². The van der Waals surface area contributed by atoms with Gasteiger partial charge in [-0.05, 0) is 25.4 Å². The molecule has 2 heteroatoms. The molecule has 0 aromatic heterocycles. The number of rotatable bonds is 0. The van der Waals surface area contributed by atoms with Crippen molar-refractivity contribution in [2.45, 2.75) is 26.3 Å². The zero-order chi connectivity index (χ0) is 7.40. The third-order valence-corrected chi connectivity index (χ3v) is 2.14. The van der Waals surface area contributed by atoms with Crippen LogP contribution in [0.3, 0.4) is 0 Å². The Labute approximate surface area is 63.4 Å². The van der Waals surface area contributed by atoms with Gasteiger partial charge in [0.15, 0.2) is 0 Å². The molecule has 0 radical (unpaired) electrons. The smallest absolute Gasteiger partial charge is 0.0196 e. The summed E-state index contributed by atoms with van der Waals surface area (Å²) in [7, 11) is 0. The van der Waals surface area contributed by atoms with Crippen LogP contribution in [0.1, 0.15) is 20.3 Å². The van der Waals surface area contributed by atoms with Gasteiger partial charge in [0.2, 0.25) is 0 Å². The zero-order valence-corrected chi connectivity index (χ0v) is 6.98. The summed E-state index contributed by atoms with van der Waals surface area (Å²) in [5.74, 6) is 0.939. The molecule has 2 atom stereocenters. The molecule has 0 amide bonds. The summed E-state index contributed by atoms with van der Waals surface area (Å²) >= 11 is 0. The van der Waals surface area contributed by atoms with Gasteiger partial charge < -0.3 is 10.6 Å². The summed E-state index contributed by atoms with van der Waals surface area (Å²) in [6.45, 7) is 7.68. The highest BCUT2D eigenvalue weighted by molar-refractivity contribution is 4.88. The van der Waals surface area contributed by atoms with Crippen LogP contribution in [0.25, 0.3) is 0 Å². The van der Waals surface area contributed by atoms with Crippen molar-refractivity contribution >= 4 is 0 Å². The van der Waals surface area contributed by atoms with E-state index in [-0.39, 0.29) is 0 Å². The van der Waals surface area contributed by atoms with E-state index >= 15 is 0 Å². The van der Waals surface area contributed by atoms with E-state index in [1.807, 2.05) is 13.8 Å². The molecule has 2 unspecified atom stereocenters. The Morgan fingerprint density at radius 2 is 1.90 bits per heavy atom. The predicted octanol–water partition coefficient (Wildman–Crippen LogP) is 0.594. The number of fused-ring (bicyclic) bond motifs is 2. The van der Waals surface area contributed by atoms with Crippen LogP contribution in [-0.4, -0.2) is 25.7 Å². The van der Waals surface area contributed by atoms with Crippen molar-refractivity contribution in [2.24, 2.45) is 5.92 Å². The monoisotopic (exact) mass is 142 g/mol. The Morgan fingerprint density at radius 3 is 2.50 bits per heavy atom. The van der Waals surface area contributed by atoms with Crippen LogP contribution in [0, 0.1) is 5.92 Å². The first kappa shape index (κ1) is 8.02. The number of nitrogens with one attached hydrogen (secondary N) is 2. The Hall–Kier alpha value is -0.0800. The van der Waals surface area contributed by atoms with Gasteiger partial charge in [-0.2, -0.15) is 0 Å². The number of piperidine rings is 1. The lowest BCUT2D eigenvalue weighted by Crippen LogP contribution is -2.36. The molecule has 2 aliphatic rings. The third kappa shape index (κ3) is 1.70. The highest BCUT2D eigenvalue weighted by Crippen LogP contribution is 2.15. The summed E-state index contributed by atoms with van der Waals surface area (Å²) in [5, 5.41) is 6.84. The third-order valence-electron chi connectivity index (χ3n) is 2.14. The van der Waals surface area contributed by atoms with Crippen molar-refractivity contribution in [1.82, 2.24) is 10.6 Å². The SMILES string of the molecule is C1NCC2CC1CN2.CC. The van der Waals surface area contributed by atoms with Crippen molar-refractivity contribution in [3.63, 3.8) is 0 Å². The highest BCUT2D eigenvalue weighted by Gasteiger charge is 2.26. The summed E-state index contributed by atoms with van der Waals surface area (Å²) in [4.78, 5) is 0. The van der Waals surface area contributed by atoms with E-state index < -0.39 is 0 Å². The lowest BCUT2D eigenvalue weighted by molar-refractivity contribution is 0.429. The van der Waals surface area contributed by atoms with Crippen molar-refractivity contribution in [3.8, 4) is 0 Å². The quantitative estimate of drug-likeness (QED) is 0.517. The first-order valence-corrected chi connectivity index (χ1v) is 4.39. The Morgan fingerprint density at radius 1 is 1.10 bits per heavy atom. The van der Waals surface area contributed by atoms with E-state index in [0.29, 0.717) is 0 Å². The first-order valence-electron chi connectivity index (χ1n) is 4.39. The summed E-state index contributed by atoms with van der Waals surface area (Å²) in [6.07, 6.45) is 1.41. The van der Waals surface area contributed by atoms with Crippen molar-refractivity contribution in [2.75, 3.05) is 19.6 Å². The van der Waals surface area contributed by atoms with Crippen molar-refractivity contribution < 1.29 is 0 Å². The molecule has 2 rings (SSSR count). The molecule has 2 aliphatic heterocycles. The van der Waals surface area contributed by atoms with Gasteiger partial charge in [0.1, 0.15) is 0 Å². The number of hydrogen-bond acceptors (Lipinski definition) is 2. The average molecular weight is 142 g/mol. The van der Waals surface area contributed by atoms with Gasteiger partial charge in [-0.3, -0.25) is 0 Å². The molecular weight excluding hydrogens is 124 g/mol. The maximum absolute atomic E-state index is 3.46. The molecule has 2 bridgehead atoms. The van der Waals surface area contributed by atoms with Crippen LogP contribution in [-0.2, 0) is 0 Å². The Bertz CT molecular complexity index is 79.3. The molecule has 0 aromatic carbocycles. The van der Waals surface area contributed by atoms with Gasteiger partial charge in [0.05, 0.1) is 0 Å². The normalized spacial score (nSPS) is 36.6. The zero-order valence-electron chi connectivity index (χ0n) is 6.98. The summed E-state index contributed by atoms with van der Waals surface area (Å²) in [6, 6.07) is 0.800. The van der Waals surface area contributed by atoms with Crippen molar-refractivity contribution in [1.29, 1.82) is 0 Å². The second-order valence-corrected chi connectivity index (χ2v) is 2.87.